The largest absolute Gasteiger partial charge is 0.368 e. The van der Waals surface area contributed by atoms with Crippen LogP contribution in [0.25, 0.3) is 10.9 Å². The molecular formula is C17H13ClN3O3P. The highest BCUT2D eigenvalue weighted by atomic mass is 35.5. The summed E-state index contributed by atoms with van der Waals surface area (Å²) in [7, 11) is -0.340. The van der Waals surface area contributed by atoms with E-state index in [0.717, 1.165) is 0 Å². The van der Waals surface area contributed by atoms with Crippen molar-refractivity contribution in [3.05, 3.63) is 64.8 Å². The lowest BCUT2D eigenvalue weighted by molar-refractivity contribution is -0.120. The minimum atomic E-state index is -1.00. The number of aromatic nitrogens is 1. The standard InChI is InChI=1S/C17H13ClN3O3P/c18-10-6-7-12-11(8-10)15(25-24)14(20-12)17(23)21-13(16(19)22)9-4-2-1-3-5-9/h1-8,13,20H,(H2,19,22)(H,21,23). The van der Waals surface area contributed by atoms with Crippen LogP contribution in [-0.2, 0) is 9.36 Å². The van der Waals surface area contributed by atoms with Gasteiger partial charge in [-0.3, -0.25) is 14.2 Å². The third-order valence-corrected chi connectivity index (χ3v) is 4.63. The van der Waals surface area contributed by atoms with Gasteiger partial charge in [-0.2, -0.15) is 0 Å². The predicted octanol–water partition coefficient (Wildman–Crippen LogP) is 2.69. The summed E-state index contributed by atoms with van der Waals surface area (Å²) in [6.07, 6.45) is 0. The Morgan fingerprint density at radius 2 is 1.88 bits per heavy atom. The van der Waals surface area contributed by atoms with E-state index >= 15 is 0 Å². The van der Waals surface area contributed by atoms with Crippen LogP contribution < -0.4 is 16.4 Å². The number of carbonyl (C=O) groups is 2. The van der Waals surface area contributed by atoms with E-state index in [0.29, 0.717) is 21.5 Å². The minimum Gasteiger partial charge on any atom is -0.368 e. The Hall–Kier alpha value is -2.69. The second-order valence-corrected chi connectivity index (χ2v) is 6.42. The van der Waals surface area contributed by atoms with E-state index in [1.807, 2.05) is 0 Å². The van der Waals surface area contributed by atoms with Gasteiger partial charge in [0.2, 0.25) is 5.91 Å². The molecule has 0 aliphatic carbocycles. The average molecular weight is 374 g/mol. The molecule has 1 unspecified atom stereocenters. The number of nitrogens with one attached hydrogen (secondary N) is 2. The van der Waals surface area contributed by atoms with Crippen LogP contribution in [0.2, 0.25) is 5.02 Å². The number of nitrogens with two attached hydrogens (primary N) is 1. The SMILES string of the molecule is NC(=O)C(NC(=O)c1[nH]c2ccc(Cl)cc2c1P=O)c1ccccc1. The van der Waals surface area contributed by atoms with Gasteiger partial charge in [-0.15, -0.1) is 0 Å². The van der Waals surface area contributed by atoms with E-state index in [-0.39, 0.29) is 19.5 Å². The zero-order chi connectivity index (χ0) is 18.0. The van der Waals surface area contributed by atoms with Crippen LogP contribution in [0.3, 0.4) is 0 Å². The molecule has 3 rings (SSSR count). The molecule has 0 bridgehead atoms. The van der Waals surface area contributed by atoms with Gasteiger partial charge in [0.15, 0.2) is 8.46 Å². The summed E-state index contributed by atoms with van der Waals surface area (Å²) in [5.74, 6) is -1.28. The number of primary amides is 1. The summed E-state index contributed by atoms with van der Waals surface area (Å²) in [6, 6.07) is 12.6. The molecule has 0 saturated carbocycles. The molecule has 0 spiro atoms. The molecule has 2 aromatic carbocycles. The van der Waals surface area contributed by atoms with Gasteiger partial charge in [-0.25, -0.2) is 0 Å². The van der Waals surface area contributed by atoms with Crippen LogP contribution in [0.1, 0.15) is 22.1 Å². The molecular weight excluding hydrogens is 361 g/mol. The zero-order valence-electron chi connectivity index (χ0n) is 12.8. The second kappa shape index (κ2) is 7.05. The van der Waals surface area contributed by atoms with Gasteiger partial charge in [-0.05, 0) is 23.8 Å². The summed E-state index contributed by atoms with van der Waals surface area (Å²) in [5.41, 5.74) is 6.68. The molecule has 0 radical (unpaired) electrons. The van der Waals surface area contributed by atoms with Crippen molar-refractivity contribution < 1.29 is 14.2 Å². The fraction of sp³-hybridized carbons (Fsp3) is 0.0588. The molecule has 2 amide bonds. The Kier molecular flexibility index (Phi) is 4.83. The number of carbonyl (C=O) groups excluding carboxylic acids is 2. The third kappa shape index (κ3) is 3.40. The molecule has 126 valence electrons. The fourth-order valence-electron chi connectivity index (χ4n) is 2.58. The first-order valence-electron chi connectivity index (χ1n) is 7.31. The molecule has 1 atom stereocenters. The third-order valence-electron chi connectivity index (χ3n) is 3.74. The molecule has 0 fully saturated rings. The Bertz CT molecular complexity index is 972. The molecule has 0 saturated heterocycles. The number of amides is 2. The molecule has 8 heteroatoms. The molecule has 1 heterocycles. The number of rotatable bonds is 5. The fourth-order valence-corrected chi connectivity index (χ4v) is 3.28. The van der Waals surface area contributed by atoms with Crippen LogP contribution in [0, 0.1) is 0 Å². The van der Waals surface area contributed by atoms with E-state index in [9.17, 15) is 14.2 Å². The molecule has 1 aromatic heterocycles. The predicted molar refractivity (Wildman–Crippen MR) is 96.4 cm³/mol. The van der Waals surface area contributed by atoms with Crippen molar-refractivity contribution in [2.75, 3.05) is 0 Å². The van der Waals surface area contributed by atoms with Crippen molar-refractivity contribution in [2.45, 2.75) is 6.04 Å². The quantitative estimate of drug-likeness (QED) is 0.599. The molecule has 25 heavy (non-hydrogen) atoms. The first-order chi connectivity index (χ1) is 12.0. The highest BCUT2D eigenvalue weighted by Gasteiger charge is 2.24. The van der Waals surface area contributed by atoms with Gasteiger partial charge in [0.05, 0.1) is 5.30 Å². The van der Waals surface area contributed by atoms with E-state index in [1.54, 1.807) is 48.5 Å². The number of hydrogen-bond donors (Lipinski definition) is 3. The van der Waals surface area contributed by atoms with E-state index in [1.165, 1.54) is 0 Å². The smallest absolute Gasteiger partial charge is 0.269 e. The number of halogens is 1. The normalized spacial score (nSPS) is 12.2. The minimum absolute atomic E-state index is 0.0936. The van der Waals surface area contributed by atoms with E-state index in [4.69, 9.17) is 17.3 Å². The Morgan fingerprint density at radius 3 is 2.52 bits per heavy atom. The van der Waals surface area contributed by atoms with Crippen molar-refractivity contribution in [1.29, 1.82) is 0 Å². The van der Waals surface area contributed by atoms with Gasteiger partial charge in [0.1, 0.15) is 11.7 Å². The summed E-state index contributed by atoms with van der Waals surface area (Å²) in [4.78, 5) is 27.3. The lowest BCUT2D eigenvalue weighted by atomic mass is 10.1. The van der Waals surface area contributed by atoms with E-state index < -0.39 is 17.9 Å². The number of fused-ring (bicyclic) bond motifs is 1. The van der Waals surface area contributed by atoms with Crippen molar-refractivity contribution in [3.63, 3.8) is 0 Å². The Morgan fingerprint density at radius 1 is 1.16 bits per heavy atom. The first kappa shape index (κ1) is 17.1. The van der Waals surface area contributed by atoms with Crippen molar-refractivity contribution in [1.82, 2.24) is 10.3 Å². The lowest BCUT2D eigenvalue weighted by Gasteiger charge is -2.15. The van der Waals surface area contributed by atoms with Crippen LogP contribution >= 0.6 is 20.1 Å². The molecule has 3 aromatic rings. The van der Waals surface area contributed by atoms with E-state index in [2.05, 4.69) is 10.3 Å². The summed E-state index contributed by atoms with van der Waals surface area (Å²) in [5, 5.41) is 3.88. The molecule has 0 aliphatic heterocycles. The van der Waals surface area contributed by atoms with Crippen LogP contribution in [0.5, 0.6) is 0 Å². The van der Waals surface area contributed by atoms with Gasteiger partial charge < -0.3 is 16.0 Å². The molecule has 6 nitrogen and oxygen atoms in total. The monoisotopic (exact) mass is 373 g/mol. The highest BCUT2D eigenvalue weighted by molar-refractivity contribution is 7.35. The van der Waals surface area contributed by atoms with Gasteiger partial charge in [0.25, 0.3) is 5.91 Å². The highest BCUT2D eigenvalue weighted by Crippen LogP contribution is 2.22. The van der Waals surface area contributed by atoms with Gasteiger partial charge >= 0.3 is 0 Å². The average Bonchev–Trinajstić information content (AvgIpc) is 2.97. The Balaban J connectivity index is 1.99. The lowest BCUT2D eigenvalue weighted by Crippen LogP contribution is -2.38. The topological polar surface area (TPSA) is 105 Å². The maximum atomic E-state index is 12.6. The maximum absolute atomic E-state index is 12.6. The van der Waals surface area contributed by atoms with Crippen molar-refractivity contribution in [3.8, 4) is 0 Å². The van der Waals surface area contributed by atoms with Gasteiger partial charge in [0, 0.05) is 15.9 Å². The maximum Gasteiger partial charge on any atom is 0.269 e. The zero-order valence-corrected chi connectivity index (χ0v) is 14.5. The number of benzene rings is 2. The summed E-state index contributed by atoms with van der Waals surface area (Å²) >= 11 is 5.96. The number of aromatic amines is 1. The van der Waals surface area contributed by atoms with Crippen LogP contribution in [0.15, 0.2) is 48.5 Å². The molecule has 4 N–H and O–H groups in total. The Labute approximate surface area is 149 Å². The van der Waals surface area contributed by atoms with Gasteiger partial charge in [-0.1, -0.05) is 41.9 Å². The van der Waals surface area contributed by atoms with Crippen LogP contribution in [-0.4, -0.2) is 16.8 Å². The van der Waals surface area contributed by atoms with Crippen molar-refractivity contribution >= 4 is 48.1 Å². The second-order valence-electron chi connectivity index (χ2n) is 5.35. The number of hydrogen-bond acceptors (Lipinski definition) is 3. The number of H-pyrrole nitrogens is 1. The molecule has 0 aliphatic rings. The summed E-state index contributed by atoms with van der Waals surface area (Å²) < 4.78 is 11.6. The summed E-state index contributed by atoms with van der Waals surface area (Å²) in [6.45, 7) is 0. The van der Waals surface area contributed by atoms with Crippen molar-refractivity contribution in [2.24, 2.45) is 5.73 Å². The first-order valence-corrected chi connectivity index (χ1v) is 8.50. The van der Waals surface area contributed by atoms with Crippen LogP contribution in [0.4, 0.5) is 0 Å².